The van der Waals surface area contributed by atoms with Gasteiger partial charge in [-0.1, -0.05) is 6.92 Å². The minimum absolute atomic E-state index is 0.141. The van der Waals surface area contributed by atoms with Crippen molar-refractivity contribution >= 4 is 32.4 Å². The minimum Gasteiger partial charge on any atom is -0.345 e. The van der Waals surface area contributed by atoms with Gasteiger partial charge >= 0.3 is 5.69 Å². The minimum atomic E-state index is -3.54. The van der Waals surface area contributed by atoms with E-state index in [1.54, 1.807) is 10.8 Å². The number of nitrogens with one attached hydrogen (secondary N) is 2. The molecule has 0 radical (unpaired) electrons. The molecule has 4 rings (SSSR count). The summed E-state index contributed by atoms with van der Waals surface area (Å²) < 4.78 is 29.4. The molecular formula is C15H21N7O3S. The molecule has 11 heteroatoms. The number of hydrogen-bond donors (Lipinski definition) is 2. The summed E-state index contributed by atoms with van der Waals surface area (Å²) in [5.41, 5.74) is 1.35. The molecule has 2 N–H and O–H groups in total. The van der Waals surface area contributed by atoms with Crippen LogP contribution in [0.5, 0.6) is 0 Å². The molecule has 1 fully saturated rings. The molecule has 2 unspecified atom stereocenters. The van der Waals surface area contributed by atoms with E-state index < -0.39 is 10.2 Å². The fourth-order valence-corrected chi connectivity index (χ4v) is 4.75. The highest BCUT2D eigenvalue weighted by molar-refractivity contribution is 7.86. The average Bonchev–Trinajstić information content (AvgIpc) is 3.18. The van der Waals surface area contributed by atoms with Gasteiger partial charge in [0.05, 0.1) is 6.04 Å². The molecule has 1 aliphatic heterocycles. The highest BCUT2D eigenvalue weighted by Gasteiger charge is 2.36. The van der Waals surface area contributed by atoms with Gasteiger partial charge in [0.25, 0.3) is 10.2 Å². The average molecular weight is 379 g/mol. The number of hydrogen-bond acceptors (Lipinski definition) is 5. The van der Waals surface area contributed by atoms with Crippen molar-refractivity contribution < 1.29 is 8.42 Å². The Bertz CT molecular complexity index is 1130. The first-order valence-corrected chi connectivity index (χ1v) is 9.82. The zero-order chi connectivity index (χ0) is 18.6. The van der Waals surface area contributed by atoms with E-state index in [9.17, 15) is 13.2 Å². The van der Waals surface area contributed by atoms with Gasteiger partial charge in [-0.05, 0) is 18.4 Å². The van der Waals surface area contributed by atoms with E-state index in [0.29, 0.717) is 29.8 Å². The van der Waals surface area contributed by atoms with Crippen molar-refractivity contribution in [2.75, 3.05) is 27.2 Å². The molecule has 2 atom stereocenters. The number of aromatic amines is 2. The molecule has 10 nitrogen and oxygen atoms in total. The lowest BCUT2D eigenvalue weighted by atomic mass is 9.94. The third-order valence-corrected chi connectivity index (χ3v) is 7.05. The van der Waals surface area contributed by atoms with Crippen LogP contribution in [0.25, 0.3) is 22.2 Å². The van der Waals surface area contributed by atoms with Crippen LogP contribution in [0.2, 0.25) is 0 Å². The van der Waals surface area contributed by atoms with Gasteiger partial charge in [-0.3, -0.25) is 9.55 Å². The van der Waals surface area contributed by atoms with Gasteiger partial charge in [0.2, 0.25) is 0 Å². The van der Waals surface area contributed by atoms with Crippen LogP contribution in [0.1, 0.15) is 19.4 Å². The Balaban J connectivity index is 1.87. The molecule has 3 aromatic rings. The summed E-state index contributed by atoms with van der Waals surface area (Å²) in [6.07, 6.45) is 2.42. The predicted octanol–water partition coefficient (Wildman–Crippen LogP) is 0.290. The molecule has 1 saturated heterocycles. The summed E-state index contributed by atoms with van der Waals surface area (Å²) >= 11 is 0. The first-order chi connectivity index (χ1) is 12.3. The Hall–Kier alpha value is -2.24. The number of piperidine rings is 1. The van der Waals surface area contributed by atoms with Gasteiger partial charge in [0.1, 0.15) is 5.52 Å². The quantitative estimate of drug-likeness (QED) is 0.678. The van der Waals surface area contributed by atoms with E-state index in [-0.39, 0.29) is 24.2 Å². The molecule has 3 aromatic heterocycles. The number of rotatable bonds is 3. The van der Waals surface area contributed by atoms with Crippen LogP contribution < -0.4 is 5.69 Å². The Morgan fingerprint density at radius 2 is 2.00 bits per heavy atom. The molecule has 26 heavy (non-hydrogen) atoms. The van der Waals surface area contributed by atoms with Crippen LogP contribution in [0.15, 0.2) is 17.1 Å². The van der Waals surface area contributed by atoms with E-state index in [1.165, 1.54) is 22.7 Å². The summed E-state index contributed by atoms with van der Waals surface area (Å²) in [5.74, 6) is 0.141. The zero-order valence-electron chi connectivity index (χ0n) is 14.8. The van der Waals surface area contributed by atoms with Gasteiger partial charge in [-0.2, -0.15) is 17.0 Å². The molecule has 4 heterocycles. The predicted molar refractivity (Wildman–Crippen MR) is 97.0 cm³/mol. The highest BCUT2D eigenvalue weighted by Crippen LogP contribution is 2.32. The summed E-state index contributed by atoms with van der Waals surface area (Å²) in [7, 11) is -0.512. The third kappa shape index (κ3) is 2.46. The van der Waals surface area contributed by atoms with E-state index in [4.69, 9.17) is 0 Å². The summed E-state index contributed by atoms with van der Waals surface area (Å²) in [5, 5.41) is 8.93. The Morgan fingerprint density at radius 3 is 2.73 bits per heavy atom. The normalized spacial score (nSPS) is 22.6. The molecule has 0 spiro atoms. The van der Waals surface area contributed by atoms with Crippen LogP contribution in [0.4, 0.5) is 0 Å². The number of fused-ring (bicyclic) bond motifs is 3. The largest absolute Gasteiger partial charge is 0.345 e. The van der Waals surface area contributed by atoms with Crippen molar-refractivity contribution in [2.45, 2.75) is 19.4 Å². The van der Waals surface area contributed by atoms with Crippen molar-refractivity contribution in [3.8, 4) is 0 Å². The first kappa shape index (κ1) is 17.2. The number of imidazole rings is 1. The number of nitrogens with zero attached hydrogens (tertiary/aromatic N) is 5. The lowest BCUT2D eigenvalue weighted by Crippen LogP contribution is -2.49. The fourth-order valence-electron chi connectivity index (χ4n) is 3.61. The second-order valence-electron chi connectivity index (χ2n) is 6.92. The second-order valence-corrected chi connectivity index (χ2v) is 9.06. The van der Waals surface area contributed by atoms with E-state index in [2.05, 4.69) is 20.2 Å². The second kappa shape index (κ2) is 5.89. The van der Waals surface area contributed by atoms with Crippen molar-refractivity contribution in [3.05, 3.63) is 22.7 Å². The SMILES string of the molecule is CC1CCN(S(=O)(=O)N(C)C)CC1n1c(=O)[nH]c2nnc3[nH]ccc3c21. The maximum atomic E-state index is 12.7. The van der Waals surface area contributed by atoms with Crippen molar-refractivity contribution in [2.24, 2.45) is 5.92 Å². The third-order valence-electron chi connectivity index (χ3n) is 5.14. The Kier molecular flexibility index (Phi) is 3.90. The highest BCUT2D eigenvalue weighted by atomic mass is 32.2. The van der Waals surface area contributed by atoms with Gasteiger partial charge in [-0.15, -0.1) is 10.2 Å². The first-order valence-electron chi connectivity index (χ1n) is 8.42. The molecule has 0 saturated carbocycles. The van der Waals surface area contributed by atoms with Crippen LogP contribution >= 0.6 is 0 Å². The van der Waals surface area contributed by atoms with Crippen molar-refractivity contribution in [1.29, 1.82) is 0 Å². The van der Waals surface area contributed by atoms with E-state index in [1.807, 2.05) is 13.0 Å². The monoisotopic (exact) mass is 379 g/mol. The van der Waals surface area contributed by atoms with Gasteiger partial charge < -0.3 is 4.98 Å². The van der Waals surface area contributed by atoms with E-state index in [0.717, 1.165) is 5.39 Å². The zero-order valence-corrected chi connectivity index (χ0v) is 15.6. The topological polar surface area (TPSA) is 120 Å². The van der Waals surface area contributed by atoms with Gasteiger partial charge in [0, 0.05) is 38.8 Å². The van der Waals surface area contributed by atoms with E-state index >= 15 is 0 Å². The van der Waals surface area contributed by atoms with Crippen molar-refractivity contribution in [1.82, 2.24) is 33.3 Å². The molecule has 140 valence electrons. The maximum Gasteiger partial charge on any atom is 0.328 e. The molecule has 1 aliphatic rings. The smallest absolute Gasteiger partial charge is 0.328 e. The summed E-state index contributed by atoms with van der Waals surface area (Å²) in [4.78, 5) is 18.4. The summed E-state index contributed by atoms with van der Waals surface area (Å²) in [6, 6.07) is 1.56. The summed E-state index contributed by atoms with van der Waals surface area (Å²) in [6.45, 7) is 2.72. The van der Waals surface area contributed by atoms with Crippen LogP contribution in [0.3, 0.4) is 0 Å². The maximum absolute atomic E-state index is 12.7. The number of H-pyrrole nitrogens is 2. The van der Waals surface area contributed by atoms with Gasteiger partial charge in [-0.25, -0.2) is 4.79 Å². The van der Waals surface area contributed by atoms with Crippen LogP contribution in [-0.2, 0) is 10.2 Å². The molecule has 0 aromatic carbocycles. The Morgan fingerprint density at radius 1 is 1.27 bits per heavy atom. The Labute approximate surface area is 150 Å². The van der Waals surface area contributed by atoms with Crippen molar-refractivity contribution in [3.63, 3.8) is 0 Å². The fraction of sp³-hybridized carbons (Fsp3) is 0.533. The lowest BCUT2D eigenvalue weighted by Gasteiger charge is -2.37. The number of aromatic nitrogens is 5. The van der Waals surface area contributed by atoms with Crippen LogP contribution in [-0.4, -0.2) is 68.9 Å². The molecule has 0 aliphatic carbocycles. The molecule has 0 amide bonds. The van der Waals surface area contributed by atoms with Crippen LogP contribution in [0, 0.1) is 5.92 Å². The van der Waals surface area contributed by atoms with Gasteiger partial charge in [0.15, 0.2) is 11.3 Å². The molecule has 0 bridgehead atoms. The standard InChI is InChI=1S/C15H21N7O3S/c1-9-5-7-21(26(24,25)20(2)3)8-11(9)22-12-10-4-6-16-13(10)18-19-14(12)17-15(22)23/h4,6,9,11H,5,7-8H2,1-3H3,(H,16,18)(H,17,19,23). The molecular weight excluding hydrogens is 358 g/mol. The lowest BCUT2D eigenvalue weighted by molar-refractivity contribution is 0.195.